The lowest BCUT2D eigenvalue weighted by Gasteiger charge is -2.12. The molecule has 4 heteroatoms. The summed E-state index contributed by atoms with van der Waals surface area (Å²) in [6, 6.07) is 6.06. The maximum atomic E-state index is 11.2. The molecule has 0 spiro atoms. The van der Waals surface area contributed by atoms with Crippen molar-refractivity contribution >= 4 is 33.2 Å². The van der Waals surface area contributed by atoms with Crippen LogP contribution < -0.4 is 10.2 Å². The molecule has 80 valence electrons. The van der Waals surface area contributed by atoms with E-state index in [-0.39, 0.29) is 5.91 Å². The average Bonchev–Trinajstić information content (AvgIpc) is 2.60. The third kappa shape index (κ3) is 2.15. The minimum atomic E-state index is -0.0127. The van der Waals surface area contributed by atoms with Gasteiger partial charge in [0.05, 0.1) is 5.33 Å². The predicted octanol–water partition coefficient (Wildman–Crippen LogP) is 2.01. The summed E-state index contributed by atoms with van der Waals surface area (Å²) in [6.07, 6.45) is 1.06. The Kier molecular flexibility index (Phi) is 2.95. The zero-order valence-corrected chi connectivity index (χ0v) is 10.2. The quantitative estimate of drug-likeness (QED) is 0.833. The molecule has 1 aliphatic rings. The van der Waals surface area contributed by atoms with Gasteiger partial charge in [-0.15, -0.1) is 0 Å². The molecule has 1 aromatic carbocycles. The van der Waals surface area contributed by atoms with Gasteiger partial charge in [-0.1, -0.05) is 15.9 Å². The summed E-state index contributed by atoms with van der Waals surface area (Å²) >= 11 is 3.12. The van der Waals surface area contributed by atoms with Gasteiger partial charge in [0.1, 0.15) is 0 Å². The van der Waals surface area contributed by atoms with Gasteiger partial charge >= 0.3 is 0 Å². The second-order valence-corrected chi connectivity index (χ2v) is 4.26. The fourth-order valence-corrected chi connectivity index (χ4v) is 1.98. The third-order valence-electron chi connectivity index (χ3n) is 2.61. The lowest BCUT2D eigenvalue weighted by atomic mass is 10.1. The Hall–Kier alpha value is -1.03. The summed E-state index contributed by atoms with van der Waals surface area (Å²) in [5.74, 6) is -0.0127. The van der Waals surface area contributed by atoms with Gasteiger partial charge in [-0.05, 0) is 30.2 Å². The van der Waals surface area contributed by atoms with E-state index in [0.717, 1.165) is 18.7 Å². The molecule has 1 N–H and O–H groups in total. The molecule has 1 aliphatic heterocycles. The van der Waals surface area contributed by atoms with E-state index >= 15 is 0 Å². The van der Waals surface area contributed by atoms with Gasteiger partial charge in [-0.25, -0.2) is 0 Å². The normalized spacial score (nSPS) is 13.9. The van der Waals surface area contributed by atoms with E-state index in [4.69, 9.17) is 0 Å². The highest BCUT2D eigenvalue weighted by Gasteiger charge is 2.15. The minimum absolute atomic E-state index is 0.0127. The van der Waals surface area contributed by atoms with Gasteiger partial charge in [0, 0.05) is 25.0 Å². The van der Waals surface area contributed by atoms with Gasteiger partial charge < -0.3 is 10.2 Å². The lowest BCUT2D eigenvalue weighted by molar-refractivity contribution is -0.113. The van der Waals surface area contributed by atoms with Crippen molar-refractivity contribution < 1.29 is 4.79 Å². The molecule has 0 saturated carbocycles. The minimum Gasteiger partial charge on any atom is -0.374 e. The van der Waals surface area contributed by atoms with E-state index in [1.165, 1.54) is 11.3 Å². The number of hydrogen-bond acceptors (Lipinski definition) is 2. The average molecular weight is 269 g/mol. The van der Waals surface area contributed by atoms with Crippen molar-refractivity contribution in [3.05, 3.63) is 23.8 Å². The summed E-state index contributed by atoms with van der Waals surface area (Å²) in [6.45, 7) is 1.06. The number of halogens is 1. The molecule has 3 nitrogen and oxygen atoms in total. The van der Waals surface area contributed by atoms with Crippen molar-refractivity contribution in [1.82, 2.24) is 0 Å². The smallest absolute Gasteiger partial charge is 0.235 e. The number of carbonyl (C=O) groups excluding carboxylic acids is 1. The van der Waals surface area contributed by atoms with Crippen LogP contribution in [0.3, 0.4) is 0 Å². The van der Waals surface area contributed by atoms with Crippen molar-refractivity contribution in [2.24, 2.45) is 0 Å². The maximum absolute atomic E-state index is 11.2. The van der Waals surface area contributed by atoms with Crippen LogP contribution in [0.2, 0.25) is 0 Å². The zero-order valence-electron chi connectivity index (χ0n) is 8.59. The summed E-state index contributed by atoms with van der Waals surface area (Å²) in [5.41, 5.74) is 3.46. The van der Waals surface area contributed by atoms with E-state index in [1.807, 2.05) is 6.07 Å². The molecule has 0 atom stereocenters. The molecule has 0 fully saturated rings. The van der Waals surface area contributed by atoms with Gasteiger partial charge in [0.2, 0.25) is 5.91 Å². The van der Waals surface area contributed by atoms with Gasteiger partial charge in [0.15, 0.2) is 0 Å². The molecule has 1 amide bonds. The highest BCUT2D eigenvalue weighted by Crippen LogP contribution is 2.28. The Morgan fingerprint density at radius 2 is 2.40 bits per heavy atom. The summed E-state index contributed by atoms with van der Waals surface area (Å²) < 4.78 is 0. The van der Waals surface area contributed by atoms with Crippen molar-refractivity contribution in [1.29, 1.82) is 0 Å². The Bertz CT molecular complexity index is 392. The number of rotatable bonds is 2. The van der Waals surface area contributed by atoms with Crippen LogP contribution >= 0.6 is 15.9 Å². The monoisotopic (exact) mass is 268 g/mol. The SMILES string of the molecule is CN1CCc2cc(NC(=O)CBr)ccc21. The van der Waals surface area contributed by atoms with E-state index in [9.17, 15) is 4.79 Å². The standard InChI is InChI=1S/C11H13BrN2O/c1-14-5-4-8-6-9(2-3-10(8)14)13-11(15)7-12/h2-3,6H,4-5,7H2,1H3,(H,13,15). The molecular formula is C11H13BrN2O. The van der Waals surface area contributed by atoms with Gasteiger partial charge in [0.25, 0.3) is 0 Å². The topological polar surface area (TPSA) is 32.3 Å². The number of amides is 1. The first kappa shape index (κ1) is 10.5. The Labute approximate surface area is 97.6 Å². The molecule has 15 heavy (non-hydrogen) atoms. The van der Waals surface area contributed by atoms with Gasteiger partial charge in [-0.3, -0.25) is 4.79 Å². The molecule has 0 unspecified atom stereocenters. The van der Waals surface area contributed by atoms with Gasteiger partial charge in [-0.2, -0.15) is 0 Å². The second kappa shape index (κ2) is 4.23. The highest BCUT2D eigenvalue weighted by atomic mass is 79.9. The number of fused-ring (bicyclic) bond motifs is 1. The van der Waals surface area contributed by atoms with Crippen LogP contribution in [0.4, 0.5) is 11.4 Å². The fraction of sp³-hybridized carbons (Fsp3) is 0.364. The molecule has 0 saturated heterocycles. The summed E-state index contributed by atoms with van der Waals surface area (Å²) in [4.78, 5) is 13.4. The van der Waals surface area contributed by atoms with Crippen LogP contribution in [-0.2, 0) is 11.2 Å². The Morgan fingerprint density at radius 3 is 3.13 bits per heavy atom. The van der Waals surface area contributed by atoms with Crippen LogP contribution in [-0.4, -0.2) is 24.8 Å². The highest BCUT2D eigenvalue weighted by molar-refractivity contribution is 9.09. The number of likely N-dealkylation sites (N-methyl/N-ethyl adjacent to an activating group) is 1. The van der Waals surface area contributed by atoms with E-state index in [1.54, 1.807) is 0 Å². The number of hydrogen-bond donors (Lipinski definition) is 1. The number of alkyl halides is 1. The van der Waals surface area contributed by atoms with Crippen LogP contribution in [0.15, 0.2) is 18.2 Å². The number of nitrogens with zero attached hydrogens (tertiary/aromatic N) is 1. The van der Waals surface area contributed by atoms with Crippen LogP contribution in [0, 0.1) is 0 Å². The third-order valence-corrected chi connectivity index (χ3v) is 3.12. The largest absolute Gasteiger partial charge is 0.374 e. The predicted molar refractivity (Wildman–Crippen MR) is 65.8 cm³/mol. The fourth-order valence-electron chi connectivity index (χ4n) is 1.84. The van der Waals surface area contributed by atoms with E-state index in [0.29, 0.717) is 5.33 Å². The van der Waals surface area contributed by atoms with Crippen molar-refractivity contribution in [3.63, 3.8) is 0 Å². The lowest BCUT2D eigenvalue weighted by Crippen LogP contribution is -2.13. The van der Waals surface area contributed by atoms with E-state index < -0.39 is 0 Å². The molecule has 0 aliphatic carbocycles. The molecule has 0 radical (unpaired) electrons. The number of benzene rings is 1. The first-order valence-electron chi connectivity index (χ1n) is 4.90. The van der Waals surface area contributed by atoms with E-state index in [2.05, 4.69) is 45.3 Å². The molecule has 1 heterocycles. The Balaban J connectivity index is 2.19. The van der Waals surface area contributed by atoms with Crippen LogP contribution in [0.5, 0.6) is 0 Å². The second-order valence-electron chi connectivity index (χ2n) is 3.70. The first-order chi connectivity index (χ1) is 7.20. The molecule has 0 bridgehead atoms. The number of anilines is 2. The number of nitrogens with one attached hydrogen (secondary N) is 1. The first-order valence-corrected chi connectivity index (χ1v) is 6.03. The Morgan fingerprint density at radius 1 is 1.60 bits per heavy atom. The van der Waals surface area contributed by atoms with Crippen LogP contribution in [0.25, 0.3) is 0 Å². The van der Waals surface area contributed by atoms with Crippen molar-refractivity contribution in [2.45, 2.75) is 6.42 Å². The number of carbonyl (C=O) groups is 1. The summed E-state index contributed by atoms with van der Waals surface area (Å²) in [7, 11) is 2.09. The maximum Gasteiger partial charge on any atom is 0.235 e. The van der Waals surface area contributed by atoms with Crippen LogP contribution in [0.1, 0.15) is 5.56 Å². The molecule has 0 aromatic heterocycles. The van der Waals surface area contributed by atoms with Crippen molar-refractivity contribution in [3.8, 4) is 0 Å². The molecule has 2 rings (SSSR count). The zero-order chi connectivity index (χ0) is 10.8. The summed E-state index contributed by atoms with van der Waals surface area (Å²) in [5, 5.41) is 3.17. The van der Waals surface area contributed by atoms with Crippen molar-refractivity contribution in [2.75, 3.05) is 29.1 Å². The molecule has 1 aromatic rings. The molecular weight excluding hydrogens is 256 g/mol.